The number of rotatable bonds is 5. The van der Waals surface area contributed by atoms with Crippen LogP contribution in [0.25, 0.3) is 0 Å². The van der Waals surface area contributed by atoms with Crippen LogP contribution in [0.3, 0.4) is 0 Å². The van der Waals surface area contributed by atoms with Gasteiger partial charge in [0.05, 0.1) is 0 Å². The minimum atomic E-state index is -0.815. The smallest absolute Gasteiger partial charge is 0.407 e. The van der Waals surface area contributed by atoms with Gasteiger partial charge in [-0.05, 0) is 36.8 Å². The highest BCUT2D eigenvalue weighted by Gasteiger charge is 2.51. The Morgan fingerprint density at radius 1 is 1.00 bits per heavy atom. The molecule has 0 bridgehead atoms. The first-order valence-corrected chi connectivity index (χ1v) is 9.49. The molecule has 1 N–H and O–H groups in total. The van der Waals surface area contributed by atoms with Crippen LogP contribution in [0, 0.1) is 0 Å². The molecular weight excluding hydrogens is 324 g/mol. The van der Waals surface area contributed by atoms with Gasteiger partial charge in [-0.15, -0.1) is 0 Å². The topological polar surface area (TPSA) is 43.8 Å². The third-order valence-electron chi connectivity index (χ3n) is 5.97. The molecule has 1 atom stereocenters. The quantitative estimate of drug-likeness (QED) is 0.871. The van der Waals surface area contributed by atoms with Gasteiger partial charge in [0.2, 0.25) is 0 Å². The maximum absolute atomic E-state index is 12.0. The van der Waals surface area contributed by atoms with E-state index in [1.165, 1.54) is 18.4 Å². The molecule has 1 saturated heterocycles. The summed E-state index contributed by atoms with van der Waals surface area (Å²) in [4.78, 5) is 16.1. The number of piperidine rings is 1. The lowest BCUT2D eigenvalue weighted by atomic mass is 9.94. The van der Waals surface area contributed by atoms with Crippen molar-refractivity contribution in [3.05, 3.63) is 71.8 Å². The molecule has 0 aromatic heterocycles. The Kier molecular flexibility index (Phi) is 4.68. The fraction of sp³-hybridized carbons (Fsp3) is 0.409. The van der Waals surface area contributed by atoms with Gasteiger partial charge in [-0.1, -0.05) is 60.7 Å². The summed E-state index contributed by atoms with van der Waals surface area (Å²) in [6.07, 6.45) is 3.75. The first-order valence-electron chi connectivity index (χ1n) is 9.49. The van der Waals surface area contributed by atoms with Gasteiger partial charge in [0.15, 0.2) is 0 Å². The molecule has 1 amide bonds. The minimum Gasteiger partial charge on any atom is -0.465 e. The number of nitrogens with zero attached hydrogens (tertiary/aromatic N) is 2. The van der Waals surface area contributed by atoms with E-state index in [0.717, 1.165) is 31.5 Å². The van der Waals surface area contributed by atoms with Crippen molar-refractivity contribution < 1.29 is 9.90 Å². The summed E-state index contributed by atoms with van der Waals surface area (Å²) in [5, 5.41) is 9.82. The van der Waals surface area contributed by atoms with E-state index < -0.39 is 6.09 Å². The van der Waals surface area contributed by atoms with Crippen molar-refractivity contribution in [1.29, 1.82) is 0 Å². The molecule has 0 radical (unpaired) electrons. The molecule has 4 rings (SSSR count). The van der Waals surface area contributed by atoms with Gasteiger partial charge in [-0.25, -0.2) is 4.79 Å². The van der Waals surface area contributed by atoms with Crippen LogP contribution in [-0.2, 0) is 13.1 Å². The maximum Gasteiger partial charge on any atom is 0.407 e. The summed E-state index contributed by atoms with van der Waals surface area (Å²) in [6, 6.07) is 20.5. The standard InChI is InChI=1S/C22H26N2O2/c25-21(26)24(16-19-9-5-2-6-10-19)20-11-12-22(13-14-22)23(17-20)15-18-7-3-1-4-8-18/h1-10,20H,11-17H2,(H,25,26). The van der Waals surface area contributed by atoms with Crippen molar-refractivity contribution in [3.63, 3.8) is 0 Å². The SMILES string of the molecule is O=C(O)N(Cc1ccccc1)C1CCC2(CC2)N(Cc2ccccc2)C1. The molecule has 1 spiro atoms. The van der Waals surface area contributed by atoms with Crippen molar-refractivity contribution >= 4 is 6.09 Å². The van der Waals surface area contributed by atoms with E-state index in [1.54, 1.807) is 4.90 Å². The molecule has 2 aromatic carbocycles. The second kappa shape index (κ2) is 7.12. The summed E-state index contributed by atoms with van der Waals surface area (Å²) in [5.74, 6) is 0. The van der Waals surface area contributed by atoms with Crippen LogP contribution in [-0.4, -0.2) is 39.1 Å². The lowest BCUT2D eigenvalue weighted by molar-refractivity contribution is 0.0396. The zero-order valence-corrected chi connectivity index (χ0v) is 15.1. The lowest BCUT2D eigenvalue weighted by Crippen LogP contribution is -2.53. The molecule has 2 aromatic rings. The Hall–Kier alpha value is -2.33. The number of hydrogen-bond donors (Lipinski definition) is 1. The van der Waals surface area contributed by atoms with E-state index in [1.807, 2.05) is 36.4 Å². The summed E-state index contributed by atoms with van der Waals surface area (Å²) < 4.78 is 0. The van der Waals surface area contributed by atoms with Gasteiger partial charge in [0.25, 0.3) is 0 Å². The number of likely N-dealkylation sites (tertiary alicyclic amines) is 1. The molecular formula is C22H26N2O2. The Morgan fingerprint density at radius 2 is 1.62 bits per heavy atom. The molecule has 4 heteroatoms. The average Bonchev–Trinajstić information content (AvgIpc) is 3.44. The average molecular weight is 350 g/mol. The Bertz CT molecular complexity index is 743. The van der Waals surface area contributed by atoms with Crippen molar-refractivity contribution in [2.45, 2.75) is 50.4 Å². The van der Waals surface area contributed by atoms with Gasteiger partial charge >= 0.3 is 6.09 Å². The van der Waals surface area contributed by atoms with Crippen LogP contribution < -0.4 is 0 Å². The van der Waals surface area contributed by atoms with Crippen molar-refractivity contribution in [2.24, 2.45) is 0 Å². The Balaban J connectivity index is 1.49. The molecule has 1 heterocycles. The highest BCUT2D eigenvalue weighted by molar-refractivity contribution is 5.65. The third kappa shape index (κ3) is 3.61. The molecule has 4 nitrogen and oxygen atoms in total. The molecule has 1 aliphatic heterocycles. The zero-order chi connectivity index (χ0) is 18.0. The largest absolute Gasteiger partial charge is 0.465 e. The second-order valence-electron chi connectivity index (χ2n) is 7.68. The molecule has 26 heavy (non-hydrogen) atoms. The Labute approximate surface area is 155 Å². The van der Waals surface area contributed by atoms with E-state index in [9.17, 15) is 9.90 Å². The van der Waals surface area contributed by atoms with E-state index in [2.05, 4.69) is 29.2 Å². The predicted octanol–water partition coefficient (Wildman–Crippen LogP) is 4.36. The lowest BCUT2D eigenvalue weighted by Gasteiger charge is -2.43. The van der Waals surface area contributed by atoms with E-state index in [-0.39, 0.29) is 6.04 Å². The molecule has 2 fully saturated rings. The van der Waals surface area contributed by atoms with Crippen molar-refractivity contribution in [3.8, 4) is 0 Å². The summed E-state index contributed by atoms with van der Waals surface area (Å²) in [6.45, 7) is 2.21. The summed E-state index contributed by atoms with van der Waals surface area (Å²) >= 11 is 0. The first kappa shape index (κ1) is 17.1. The van der Waals surface area contributed by atoms with Crippen LogP contribution >= 0.6 is 0 Å². The van der Waals surface area contributed by atoms with Crippen LogP contribution in [0.5, 0.6) is 0 Å². The van der Waals surface area contributed by atoms with Gasteiger partial charge in [0, 0.05) is 31.2 Å². The molecule has 136 valence electrons. The molecule has 1 unspecified atom stereocenters. The van der Waals surface area contributed by atoms with Crippen molar-refractivity contribution in [1.82, 2.24) is 9.80 Å². The third-order valence-corrected chi connectivity index (χ3v) is 5.97. The highest BCUT2D eigenvalue weighted by Crippen LogP contribution is 2.49. The minimum absolute atomic E-state index is 0.0580. The Morgan fingerprint density at radius 3 is 2.19 bits per heavy atom. The second-order valence-corrected chi connectivity index (χ2v) is 7.68. The summed E-state index contributed by atoms with van der Waals surface area (Å²) in [7, 11) is 0. The fourth-order valence-corrected chi connectivity index (χ4v) is 4.27. The van der Waals surface area contributed by atoms with E-state index >= 15 is 0 Å². The fourth-order valence-electron chi connectivity index (χ4n) is 4.27. The maximum atomic E-state index is 12.0. The van der Waals surface area contributed by atoms with Crippen LogP contribution in [0.15, 0.2) is 60.7 Å². The predicted molar refractivity (Wildman–Crippen MR) is 102 cm³/mol. The van der Waals surface area contributed by atoms with Gasteiger partial charge in [-0.3, -0.25) is 9.80 Å². The van der Waals surface area contributed by atoms with Crippen LogP contribution in [0.1, 0.15) is 36.8 Å². The number of carboxylic acid groups (broad SMARTS) is 1. The molecule has 1 aliphatic carbocycles. The molecule has 2 aliphatic rings. The van der Waals surface area contributed by atoms with Gasteiger partial charge < -0.3 is 5.11 Å². The van der Waals surface area contributed by atoms with Crippen LogP contribution in [0.2, 0.25) is 0 Å². The van der Waals surface area contributed by atoms with Crippen LogP contribution in [0.4, 0.5) is 4.79 Å². The van der Waals surface area contributed by atoms with E-state index in [0.29, 0.717) is 12.1 Å². The summed E-state index contributed by atoms with van der Waals surface area (Å²) in [5.41, 5.74) is 2.68. The number of amides is 1. The first-order chi connectivity index (χ1) is 12.7. The number of hydrogen-bond acceptors (Lipinski definition) is 2. The normalized spacial score (nSPS) is 21.5. The van der Waals surface area contributed by atoms with E-state index in [4.69, 9.17) is 0 Å². The number of benzene rings is 2. The zero-order valence-electron chi connectivity index (χ0n) is 15.1. The monoisotopic (exact) mass is 350 g/mol. The van der Waals surface area contributed by atoms with Crippen molar-refractivity contribution in [2.75, 3.05) is 6.54 Å². The van der Waals surface area contributed by atoms with Gasteiger partial charge in [0.1, 0.15) is 0 Å². The van der Waals surface area contributed by atoms with Gasteiger partial charge in [-0.2, -0.15) is 0 Å². The molecule has 1 saturated carbocycles. The highest BCUT2D eigenvalue weighted by atomic mass is 16.4. The number of carbonyl (C=O) groups is 1.